The van der Waals surface area contributed by atoms with Crippen LogP contribution < -0.4 is 10.1 Å². The van der Waals surface area contributed by atoms with E-state index in [1.54, 1.807) is 19.2 Å². The van der Waals surface area contributed by atoms with Gasteiger partial charge in [-0.1, -0.05) is 12.1 Å². The van der Waals surface area contributed by atoms with Crippen molar-refractivity contribution in [3.8, 4) is 5.75 Å². The van der Waals surface area contributed by atoms with Crippen molar-refractivity contribution < 1.29 is 9.53 Å². The van der Waals surface area contributed by atoms with E-state index < -0.39 is 0 Å². The molecule has 1 amide bonds. The second-order valence-corrected chi connectivity index (χ2v) is 5.78. The van der Waals surface area contributed by atoms with E-state index in [1.165, 1.54) is 0 Å². The number of hydrogen-bond donors (Lipinski definition) is 1. The number of fused-ring (bicyclic) bond motifs is 2. The number of para-hydroxylation sites is 2. The minimum absolute atomic E-state index is 0. The van der Waals surface area contributed by atoms with E-state index >= 15 is 0 Å². The molecule has 0 spiro atoms. The molecule has 0 atom stereocenters. The van der Waals surface area contributed by atoms with Gasteiger partial charge >= 0.3 is 0 Å². The van der Waals surface area contributed by atoms with Crippen molar-refractivity contribution >= 4 is 40.4 Å². The summed E-state index contributed by atoms with van der Waals surface area (Å²) in [6.07, 6.45) is 0. The van der Waals surface area contributed by atoms with Gasteiger partial charge in [-0.15, -0.1) is 12.4 Å². The third-order valence-corrected chi connectivity index (χ3v) is 3.77. The highest BCUT2D eigenvalue weighted by Gasteiger charge is 2.16. The van der Waals surface area contributed by atoms with E-state index in [0.717, 1.165) is 17.6 Å². The molecule has 2 aromatic carbocycles. The van der Waals surface area contributed by atoms with Crippen molar-refractivity contribution in [3.63, 3.8) is 0 Å². The van der Waals surface area contributed by atoms with Gasteiger partial charge in [-0.3, -0.25) is 4.79 Å². The summed E-state index contributed by atoms with van der Waals surface area (Å²) in [7, 11) is 5.52. The summed E-state index contributed by atoms with van der Waals surface area (Å²) in [6.45, 7) is 1.34. The smallest absolute Gasteiger partial charge is 0.253 e. The maximum Gasteiger partial charge on any atom is 0.253 e. The third-order valence-electron chi connectivity index (χ3n) is 3.77. The Bertz CT molecular complexity index is 899. The number of methoxy groups -OCH3 is 1. The van der Waals surface area contributed by atoms with Crippen LogP contribution in [-0.4, -0.2) is 55.1 Å². The molecular weight excluding hydrogens is 340 g/mol. The van der Waals surface area contributed by atoms with Crippen LogP contribution in [0.4, 0.5) is 0 Å². The topological polar surface area (TPSA) is 67.3 Å². The highest BCUT2D eigenvalue weighted by atomic mass is 35.5. The Hall–Kier alpha value is -2.44. The van der Waals surface area contributed by atoms with Gasteiger partial charge in [0.1, 0.15) is 16.8 Å². The highest BCUT2D eigenvalue weighted by Crippen LogP contribution is 2.27. The first-order chi connectivity index (χ1) is 11.6. The van der Waals surface area contributed by atoms with Crippen LogP contribution in [0.25, 0.3) is 22.1 Å². The van der Waals surface area contributed by atoms with Crippen LogP contribution in [0.2, 0.25) is 0 Å². The second-order valence-electron chi connectivity index (χ2n) is 5.78. The molecule has 0 aliphatic heterocycles. The Morgan fingerprint density at radius 3 is 2.32 bits per heavy atom. The zero-order valence-electron chi connectivity index (χ0n) is 14.4. The van der Waals surface area contributed by atoms with Gasteiger partial charge in [-0.2, -0.15) is 0 Å². The molecule has 7 heteroatoms. The van der Waals surface area contributed by atoms with Crippen LogP contribution in [0.15, 0.2) is 36.4 Å². The van der Waals surface area contributed by atoms with Crippen LogP contribution in [0.1, 0.15) is 10.4 Å². The summed E-state index contributed by atoms with van der Waals surface area (Å²) in [4.78, 5) is 23.8. The lowest BCUT2D eigenvalue weighted by Crippen LogP contribution is -2.31. The van der Waals surface area contributed by atoms with Crippen molar-refractivity contribution in [1.82, 2.24) is 20.2 Å². The highest BCUT2D eigenvalue weighted by molar-refractivity contribution is 6.07. The van der Waals surface area contributed by atoms with E-state index in [0.29, 0.717) is 28.9 Å². The first-order valence-electron chi connectivity index (χ1n) is 7.76. The second kappa shape index (κ2) is 8.09. The summed E-state index contributed by atoms with van der Waals surface area (Å²) < 4.78 is 5.38. The molecule has 1 heterocycles. The van der Waals surface area contributed by atoms with Crippen molar-refractivity contribution in [3.05, 3.63) is 42.0 Å². The Balaban J connectivity index is 0.00000225. The average Bonchev–Trinajstić information content (AvgIpc) is 2.58. The Labute approximate surface area is 152 Å². The molecule has 0 fully saturated rings. The summed E-state index contributed by atoms with van der Waals surface area (Å²) >= 11 is 0. The van der Waals surface area contributed by atoms with Crippen LogP contribution >= 0.6 is 12.4 Å². The van der Waals surface area contributed by atoms with Crippen LogP contribution in [0.3, 0.4) is 0 Å². The van der Waals surface area contributed by atoms with Gasteiger partial charge in [0.05, 0.1) is 23.7 Å². The fourth-order valence-electron chi connectivity index (χ4n) is 2.51. The lowest BCUT2D eigenvalue weighted by atomic mass is 10.1. The van der Waals surface area contributed by atoms with Gasteiger partial charge in [0, 0.05) is 13.1 Å². The SMILES string of the molecule is COc1ccc(C(=O)NCCN(C)C)c2nc3ccccc3nc12.Cl. The molecule has 3 rings (SSSR count). The maximum absolute atomic E-state index is 12.5. The number of nitrogens with zero attached hydrogens (tertiary/aromatic N) is 3. The standard InChI is InChI=1S/C18H20N4O2.ClH/c1-22(2)11-10-19-18(23)12-8-9-15(24-3)17-16(12)20-13-6-4-5-7-14(13)21-17;/h4-9H,10-11H2,1-3H3,(H,19,23);1H. The number of benzene rings is 2. The van der Waals surface area contributed by atoms with E-state index in [9.17, 15) is 4.79 Å². The number of nitrogens with one attached hydrogen (secondary N) is 1. The number of ether oxygens (including phenoxy) is 1. The molecule has 0 aliphatic rings. The molecule has 0 radical (unpaired) electrons. The molecule has 0 saturated carbocycles. The van der Waals surface area contributed by atoms with Crippen molar-refractivity contribution in [2.24, 2.45) is 0 Å². The Kier molecular flexibility index (Phi) is 6.12. The number of aromatic nitrogens is 2. The summed E-state index contributed by atoms with van der Waals surface area (Å²) in [6, 6.07) is 11.1. The van der Waals surface area contributed by atoms with Crippen molar-refractivity contribution in [2.75, 3.05) is 34.3 Å². The van der Waals surface area contributed by atoms with E-state index in [4.69, 9.17) is 4.74 Å². The molecule has 0 unspecified atom stereocenters. The number of carbonyl (C=O) groups excluding carboxylic acids is 1. The third kappa shape index (κ3) is 3.97. The summed E-state index contributed by atoms with van der Waals surface area (Å²) in [5, 5.41) is 2.92. The number of halogens is 1. The molecule has 1 aromatic heterocycles. The molecule has 0 aliphatic carbocycles. The van der Waals surface area contributed by atoms with E-state index in [-0.39, 0.29) is 18.3 Å². The minimum Gasteiger partial charge on any atom is -0.494 e. The number of carbonyl (C=O) groups is 1. The van der Waals surface area contributed by atoms with E-state index in [2.05, 4.69) is 15.3 Å². The van der Waals surface area contributed by atoms with Crippen molar-refractivity contribution in [2.45, 2.75) is 0 Å². The molecule has 3 aromatic rings. The number of rotatable bonds is 5. The van der Waals surface area contributed by atoms with Gasteiger partial charge < -0.3 is 15.0 Å². The molecule has 25 heavy (non-hydrogen) atoms. The first kappa shape index (κ1) is 18.9. The average molecular weight is 361 g/mol. The quantitative estimate of drug-likeness (QED) is 0.708. The lowest BCUT2D eigenvalue weighted by molar-refractivity contribution is 0.0952. The number of amides is 1. The van der Waals surface area contributed by atoms with Gasteiger partial charge in [0.15, 0.2) is 0 Å². The molecule has 6 nitrogen and oxygen atoms in total. The van der Waals surface area contributed by atoms with Crippen molar-refractivity contribution in [1.29, 1.82) is 0 Å². The fourth-order valence-corrected chi connectivity index (χ4v) is 2.51. The van der Waals surface area contributed by atoms with Gasteiger partial charge in [0.2, 0.25) is 0 Å². The molecule has 0 bridgehead atoms. The van der Waals surface area contributed by atoms with Gasteiger partial charge in [0.25, 0.3) is 5.91 Å². The van der Waals surface area contributed by atoms with Crippen LogP contribution in [-0.2, 0) is 0 Å². The fraction of sp³-hybridized carbons (Fsp3) is 0.278. The monoisotopic (exact) mass is 360 g/mol. The number of hydrogen-bond acceptors (Lipinski definition) is 5. The zero-order chi connectivity index (χ0) is 17.1. The Morgan fingerprint density at radius 2 is 1.72 bits per heavy atom. The van der Waals surface area contributed by atoms with Crippen LogP contribution in [0.5, 0.6) is 5.75 Å². The largest absolute Gasteiger partial charge is 0.494 e. The maximum atomic E-state index is 12.5. The van der Waals surface area contributed by atoms with E-state index in [1.807, 2.05) is 43.3 Å². The molecule has 1 N–H and O–H groups in total. The first-order valence-corrected chi connectivity index (χ1v) is 7.76. The predicted octanol–water partition coefficient (Wildman–Crippen LogP) is 2.50. The molecule has 132 valence electrons. The minimum atomic E-state index is -0.158. The van der Waals surface area contributed by atoms with Gasteiger partial charge in [-0.05, 0) is 38.4 Å². The molecule has 0 saturated heterocycles. The predicted molar refractivity (Wildman–Crippen MR) is 102 cm³/mol. The summed E-state index contributed by atoms with van der Waals surface area (Å²) in [5.74, 6) is 0.446. The summed E-state index contributed by atoms with van der Waals surface area (Å²) in [5.41, 5.74) is 3.17. The normalized spacial score (nSPS) is 10.7. The molecular formula is C18H21ClN4O2. The number of likely N-dealkylation sites (N-methyl/N-ethyl adjacent to an activating group) is 1. The zero-order valence-corrected chi connectivity index (χ0v) is 15.3. The lowest BCUT2D eigenvalue weighted by Gasteiger charge is -2.12. The Morgan fingerprint density at radius 1 is 1.08 bits per heavy atom. The van der Waals surface area contributed by atoms with Gasteiger partial charge in [-0.25, -0.2) is 9.97 Å². The van der Waals surface area contributed by atoms with Crippen LogP contribution in [0, 0.1) is 0 Å².